The third kappa shape index (κ3) is 8.50. The summed E-state index contributed by atoms with van der Waals surface area (Å²) in [5.74, 6) is 1.44. The summed E-state index contributed by atoms with van der Waals surface area (Å²) in [5, 5.41) is 11.8. The van der Waals surface area contributed by atoms with Gasteiger partial charge in [0.05, 0.1) is 23.6 Å². The molecule has 0 saturated carbocycles. The van der Waals surface area contributed by atoms with E-state index in [-0.39, 0.29) is 25.0 Å². The van der Waals surface area contributed by atoms with E-state index in [4.69, 9.17) is 9.72 Å². The quantitative estimate of drug-likeness (QED) is 0.120. The van der Waals surface area contributed by atoms with Gasteiger partial charge in [0.2, 0.25) is 0 Å². The van der Waals surface area contributed by atoms with Gasteiger partial charge in [-0.15, -0.1) is 23.7 Å². The number of aromatic nitrogens is 2. The number of aliphatic carboxylic acids is 1. The molecule has 0 aliphatic carbocycles. The molecule has 232 valence electrons. The molecule has 5 rings (SSSR count). The van der Waals surface area contributed by atoms with Crippen LogP contribution in [0, 0.1) is 0 Å². The van der Waals surface area contributed by atoms with Crippen molar-refractivity contribution in [3.8, 4) is 16.9 Å². The highest BCUT2D eigenvalue weighted by Crippen LogP contribution is 2.31. The van der Waals surface area contributed by atoms with Crippen LogP contribution in [0.1, 0.15) is 80.2 Å². The van der Waals surface area contributed by atoms with Crippen molar-refractivity contribution in [3.63, 3.8) is 0 Å². The number of nitrogens with one attached hydrogen (secondary N) is 1. The number of carboxylic acids is 1. The predicted octanol–water partition coefficient (Wildman–Crippen LogP) is 9.62. The third-order valence-electron chi connectivity index (χ3n) is 8.02. The molecule has 5 aromatic rings. The van der Waals surface area contributed by atoms with Gasteiger partial charge in [-0.2, -0.15) is 0 Å². The third-order valence-corrected chi connectivity index (χ3v) is 8.94. The number of fused-ring (bicyclic) bond motifs is 1. The summed E-state index contributed by atoms with van der Waals surface area (Å²) in [6.07, 6.45) is 4.87. The van der Waals surface area contributed by atoms with Gasteiger partial charge in [-0.05, 0) is 83.6 Å². The summed E-state index contributed by atoms with van der Waals surface area (Å²) in [7, 11) is 0. The Labute approximate surface area is 270 Å². The van der Waals surface area contributed by atoms with Crippen LogP contribution in [0.4, 0.5) is 0 Å². The Morgan fingerprint density at radius 3 is 2.34 bits per heavy atom. The van der Waals surface area contributed by atoms with E-state index in [9.17, 15) is 9.90 Å². The van der Waals surface area contributed by atoms with Gasteiger partial charge in [0, 0.05) is 11.4 Å². The lowest BCUT2D eigenvalue weighted by Crippen LogP contribution is -2.32. The van der Waals surface area contributed by atoms with Crippen LogP contribution < -0.4 is 4.74 Å². The minimum absolute atomic E-state index is 0. The predicted molar refractivity (Wildman–Crippen MR) is 183 cm³/mol. The summed E-state index contributed by atoms with van der Waals surface area (Å²) >= 11 is 1.65. The summed E-state index contributed by atoms with van der Waals surface area (Å²) in [5.41, 5.74) is 6.61. The number of ether oxygens (including phenoxy) is 1. The van der Waals surface area contributed by atoms with Crippen LogP contribution >= 0.6 is 23.7 Å². The molecule has 0 bridgehead atoms. The topological polar surface area (TPSA) is 78.4 Å². The van der Waals surface area contributed by atoms with Crippen molar-refractivity contribution < 1.29 is 14.6 Å². The molecular weight excluding hydrogens is 590 g/mol. The highest BCUT2D eigenvalue weighted by molar-refractivity contribution is 7.10. The van der Waals surface area contributed by atoms with Crippen molar-refractivity contribution in [2.45, 2.75) is 71.6 Å². The number of nitrogens with zero attached hydrogens (tertiary/aromatic N) is 2. The zero-order valence-corrected chi connectivity index (χ0v) is 27.3. The molecule has 1 atom stereocenters. The SMILES string of the molecule is CCCC(CCC)c1ccc(OCc2ccc(-c3csc(CN(CC(=O)O)C(C)c4nc5ccccc5[nH]4)c3)cc2)cc1.Cl. The first-order valence-electron chi connectivity index (χ1n) is 15.2. The number of rotatable bonds is 15. The number of thiophene rings is 1. The Hall–Kier alpha value is -3.65. The number of hydrogen-bond donors (Lipinski definition) is 2. The van der Waals surface area contributed by atoms with E-state index in [0.29, 0.717) is 19.1 Å². The highest BCUT2D eigenvalue weighted by atomic mass is 35.5. The first-order chi connectivity index (χ1) is 20.9. The second-order valence-electron chi connectivity index (χ2n) is 11.2. The fourth-order valence-electron chi connectivity index (χ4n) is 5.63. The molecule has 0 aliphatic heterocycles. The minimum Gasteiger partial charge on any atom is -0.489 e. The van der Waals surface area contributed by atoms with Crippen LogP contribution in [-0.2, 0) is 17.9 Å². The summed E-state index contributed by atoms with van der Waals surface area (Å²) < 4.78 is 6.09. The summed E-state index contributed by atoms with van der Waals surface area (Å²) in [6, 6.07) is 26.9. The molecule has 0 amide bonds. The first-order valence-corrected chi connectivity index (χ1v) is 16.1. The number of carboxylic acid groups (broad SMARTS) is 1. The number of hydrogen-bond acceptors (Lipinski definition) is 5. The maximum absolute atomic E-state index is 11.7. The molecule has 2 aromatic heterocycles. The average molecular weight is 632 g/mol. The maximum Gasteiger partial charge on any atom is 0.317 e. The molecule has 2 N–H and O–H groups in total. The lowest BCUT2D eigenvalue weighted by Gasteiger charge is -2.25. The zero-order chi connectivity index (χ0) is 30.2. The number of halogens is 1. The number of carbonyl (C=O) groups is 1. The van der Waals surface area contributed by atoms with Gasteiger partial charge in [-0.3, -0.25) is 9.69 Å². The molecule has 44 heavy (non-hydrogen) atoms. The smallest absolute Gasteiger partial charge is 0.317 e. The average Bonchev–Trinajstić information content (AvgIpc) is 3.67. The van der Waals surface area contributed by atoms with E-state index < -0.39 is 5.97 Å². The molecule has 1 unspecified atom stereocenters. The lowest BCUT2D eigenvalue weighted by molar-refractivity contribution is -0.139. The highest BCUT2D eigenvalue weighted by Gasteiger charge is 2.22. The first kappa shape index (κ1) is 33.2. The van der Waals surface area contributed by atoms with Crippen LogP contribution in [0.25, 0.3) is 22.2 Å². The Kier molecular flexibility index (Phi) is 12.0. The maximum atomic E-state index is 11.7. The molecule has 2 heterocycles. The molecule has 0 fully saturated rings. The Balaban J connectivity index is 0.00000442. The summed E-state index contributed by atoms with van der Waals surface area (Å²) in [4.78, 5) is 22.8. The van der Waals surface area contributed by atoms with Crippen LogP contribution in [0.15, 0.2) is 84.2 Å². The second-order valence-corrected chi connectivity index (χ2v) is 12.2. The molecule has 8 heteroatoms. The van der Waals surface area contributed by atoms with Crippen LogP contribution in [0.5, 0.6) is 5.75 Å². The summed E-state index contributed by atoms with van der Waals surface area (Å²) in [6.45, 7) is 7.48. The number of aromatic amines is 1. The van der Waals surface area contributed by atoms with Crippen molar-refractivity contribution in [2.24, 2.45) is 0 Å². The van der Waals surface area contributed by atoms with E-state index >= 15 is 0 Å². The molecular formula is C36H42ClN3O3S. The van der Waals surface area contributed by atoms with Gasteiger partial charge in [0.25, 0.3) is 0 Å². The van der Waals surface area contributed by atoms with Crippen LogP contribution in [-0.4, -0.2) is 32.5 Å². The fraction of sp³-hybridized carbons (Fsp3) is 0.333. The monoisotopic (exact) mass is 631 g/mol. The lowest BCUT2D eigenvalue weighted by atomic mass is 9.90. The second kappa shape index (κ2) is 15.9. The van der Waals surface area contributed by atoms with Crippen molar-refractivity contribution in [3.05, 3.63) is 106 Å². The number of para-hydroxylation sites is 2. The molecule has 6 nitrogen and oxygen atoms in total. The number of imidazole rings is 1. The largest absolute Gasteiger partial charge is 0.489 e. The Bertz CT molecular complexity index is 1570. The van der Waals surface area contributed by atoms with E-state index in [1.807, 2.05) is 36.1 Å². The normalized spacial score (nSPS) is 12.0. The minimum atomic E-state index is -0.856. The molecule has 0 aliphatic rings. The number of benzene rings is 3. The van der Waals surface area contributed by atoms with Gasteiger partial charge in [0.15, 0.2) is 0 Å². The van der Waals surface area contributed by atoms with Crippen molar-refractivity contribution in [2.75, 3.05) is 6.54 Å². The Morgan fingerprint density at radius 1 is 0.977 bits per heavy atom. The molecule has 0 spiro atoms. The van der Waals surface area contributed by atoms with Gasteiger partial charge in [-0.1, -0.05) is 75.2 Å². The number of H-pyrrole nitrogens is 1. The van der Waals surface area contributed by atoms with Crippen molar-refractivity contribution in [1.29, 1.82) is 0 Å². The Morgan fingerprint density at radius 2 is 1.68 bits per heavy atom. The molecule has 0 radical (unpaired) electrons. The van der Waals surface area contributed by atoms with Crippen molar-refractivity contribution in [1.82, 2.24) is 14.9 Å². The molecule has 0 saturated heterocycles. The van der Waals surface area contributed by atoms with Gasteiger partial charge in [-0.25, -0.2) is 4.98 Å². The zero-order valence-electron chi connectivity index (χ0n) is 25.7. The van der Waals surface area contributed by atoms with Gasteiger partial charge < -0.3 is 14.8 Å². The van der Waals surface area contributed by atoms with Gasteiger partial charge >= 0.3 is 5.97 Å². The van der Waals surface area contributed by atoms with Crippen LogP contribution in [0.3, 0.4) is 0 Å². The molecule has 3 aromatic carbocycles. The van der Waals surface area contributed by atoms with E-state index in [1.54, 1.807) is 11.3 Å². The van der Waals surface area contributed by atoms with Crippen molar-refractivity contribution >= 4 is 40.7 Å². The van der Waals surface area contributed by atoms with E-state index in [0.717, 1.165) is 44.2 Å². The standard InChI is InChI=1S/C36H41N3O3S.ClH/c1-4-8-27(9-5-2)28-16-18-31(19-17-28)42-23-26-12-14-29(15-13-26)30-20-32(43-24-30)21-39(22-35(40)41)25(3)36-37-33-10-6-7-11-34(33)38-36;/h6-7,10-20,24-25,27H,4-5,8-9,21-23H2,1-3H3,(H,37,38)(H,40,41);1H. The van der Waals surface area contributed by atoms with Crippen LogP contribution in [0.2, 0.25) is 0 Å². The van der Waals surface area contributed by atoms with E-state index in [2.05, 4.69) is 78.8 Å². The fourth-order valence-corrected chi connectivity index (χ4v) is 6.55. The van der Waals surface area contributed by atoms with E-state index in [1.165, 1.54) is 31.2 Å². The van der Waals surface area contributed by atoms with Gasteiger partial charge in [0.1, 0.15) is 18.2 Å².